The van der Waals surface area contributed by atoms with Gasteiger partial charge in [-0.1, -0.05) is 0 Å². The van der Waals surface area contributed by atoms with Crippen molar-refractivity contribution in [2.75, 3.05) is 13.2 Å². The summed E-state index contributed by atoms with van der Waals surface area (Å²) in [5, 5.41) is 27.0. The molecule has 3 atom stereocenters. The van der Waals surface area contributed by atoms with Crippen LogP contribution in [0.15, 0.2) is 0 Å². The fourth-order valence-electron chi connectivity index (χ4n) is 1.01. The largest absolute Gasteiger partial charge is 0.394 e. The van der Waals surface area contributed by atoms with Crippen LogP contribution in [0.4, 0.5) is 0 Å². The van der Waals surface area contributed by atoms with Crippen LogP contribution in [0.5, 0.6) is 0 Å². The van der Waals surface area contributed by atoms with Gasteiger partial charge in [0, 0.05) is 0 Å². The smallest absolute Gasteiger partial charge is 0.114 e. The summed E-state index contributed by atoms with van der Waals surface area (Å²) in [5.41, 5.74) is -1.20. The Kier molecular flexibility index (Phi) is 1.96. The predicted octanol–water partition coefficient (Wildman–Crippen LogP) is -1.51. The molecule has 60 valence electrons. The minimum absolute atomic E-state index is 0.0827. The lowest BCUT2D eigenvalue weighted by atomic mass is 10.00. The van der Waals surface area contributed by atoms with E-state index in [4.69, 9.17) is 9.84 Å². The Bertz CT molecular complexity index is 123. The summed E-state index contributed by atoms with van der Waals surface area (Å²) >= 11 is 0. The summed E-state index contributed by atoms with van der Waals surface area (Å²) in [6, 6.07) is 0. The highest BCUT2D eigenvalue weighted by Gasteiger charge is 2.43. The first-order chi connectivity index (χ1) is 4.58. The fraction of sp³-hybridized carbons (Fsp3) is 1.00. The molecule has 0 spiro atoms. The SMILES string of the molecule is CC1(O)COC(CO)C1O. The molecule has 1 saturated heterocycles. The highest BCUT2D eigenvalue weighted by atomic mass is 16.5. The van der Waals surface area contributed by atoms with Crippen molar-refractivity contribution >= 4 is 0 Å². The first-order valence-electron chi connectivity index (χ1n) is 3.21. The van der Waals surface area contributed by atoms with Crippen LogP contribution in [0.2, 0.25) is 0 Å². The van der Waals surface area contributed by atoms with Gasteiger partial charge in [0.25, 0.3) is 0 Å². The monoisotopic (exact) mass is 148 g/mol. The second-order valence-corrected chi connectivity index (χ2v) is 2.83. The number of ether oxygens (including phenoxy) is 1. The summed E-state index contributed by atoms with van der Waals surface area (Å²) in [7, 11) is 0. The first kappa shape index (κ1) is 7.94. The van der Waals surface area contributed by atoms with Crippen molar-refractivity contribution in [3.63, 3.8) is 0 Å². The van der Waals surface area contributed by atoms with Crippen LogP contribution in [-0.2, 0) is 4.74 Å². The Morgan fingerprint density at radius 1 is 1.70 bits per heavy atom. The third kappa shape index (κ3) is 1.15. The molecule has 3 N–H and O–H groups in total. The van der Waals surface area contributed by atoms with Crippen molar-refractivity contribution in [2.24, 2.45) is 0 Å². The van der Waals surface area contributed by atoms with Gasteiger partial charge >= 0.3 is 0 Å². The highest BCUT2D eigenvalue weighted by Crippen LogP contribution is 2.23. The Hall–Kier alpha value is -0.160. The minimum Gasteiger partial charge on any atom is -0.394 e. The number of aliphatic hydroxyl groups excluding tert-OH is 2. The summed E-state index contributed by atoms with van der Waals surface area (Å²) < 4.78 is 4.88. The molecule has 10 heavy (non-hydrogen) atoms. The Balaban J connectivity index is 2.58. The van der Waals surface area contributed by atoms with Crippen molar-refractivity contribution < 1.29 is 20.1 Å². The second-order valence-electron chi connectivity index (χ2n) is 2.83. The van der Waals surface area contributed by atoms with Crippen LogP contribution < -0.4 is 0 Å². The maximum atomic E-state index is 9.28. The van der Waals surface area contributed by atoms with E-state index >= 15 is 0 Å². The molecule has 1 fully saturated rings. The van der Waals surface area contributed by atoms with E-state index in [1.807, 2.05) is 0 Å². The number of rotatable bonds is 1. The Morgan fingerprint density at radius 3 is 2.50 bits per heavy atom. The van der Waals surface area contributed by atoms with Crippen molar-refractivity contribution in [2.45, 2.75) is 24.7 Å². The predicted molar refractivity (Wildman–Crippen MR) is 33.5 cm³/mol. The van der Waals surface area contributed by atoms with Gasteiger partial charge in [-0.15, -0.1) is 0 Å². The zero-order chi connectivity index (χ0) is 7.78. The van der Waals surface area contributed by atoms with Gasteiger partial charge in [0.2, 0.25) is 0 Å². The molecule has 0 aliphatic carbocycles. The summed E-state index contributed by atoms with van der Waals surface area (Å²) in [6.07, 6.45) is -1.60. The van der Waals surface area contributed by atoms with E-state index in [-0.39, 0.29) is 13.2 Å². The third-order valence-corrected chi connectivity index (χ3v) is 1.76. The molecule has 0 aromatic rings. The number of aliphatic hydroxyl groups is 3. The highest BCUT2D eigenvalue weighted by molar-refractivity contribution is 4.92. The summed E-state index contributed by atoms with van der Waals surface area (Å²) in [6.45, 7) is 1.31. The van der Waals surface area contributed by atoms with Gasteiger partial charge in [-0.05, 0) is 6.92 Å². The molecule has 4 heteroatoms. The van der Waals surface area contributed by atoms with E-state index in [1.54, 1.807) is 0 Å². The van der Waals surface area contributed by atoms with E-state index < -0.39 is 17.8 Å². The van der Waals surface area contributed by atoms with Crippen molar-refractivity contribution in [3.8, 4) is 0 Å². The fourth-order valence-corrected chi connectivity index (χ4v) is 1.01. The number of hydrogen-bond donors (Lipinski definition) is 3. The van der Waals surface area contributed by atoms with Crippen molar-refractivity contribution in [3.05, 3.63) is 0 Å². The van der Waals surface area contributed by atoms with Crippen molar-refractivity contribution in [1.82, 2.24) is 0 Å². The molecule has 0 bridgehead atoms. The molecule has 1 rings (SSSR count). The molecular weight excluding hydrogens is 136 g/mol. The van der Waals surface area contributed by atoms with E-state index in [1.165, 1.54) is 6.92 Å². The van der Waals surface area contributed by atoms with Gasteiger partial charge in [-0.2, -0.15) is 0 Å². The van der Waals surface area contributed by atoms with Gasteiger partial charge in [0.15, 0.2) is 0 Å². The van der Waals surface area contributed by atoms with Gasteiger partial charge in [-0.25, -0.2) is 0 Å². The molecule has 0 saturated carbocycles. The van der Waals surface area contributed by atoms with Crippen LogP contribution in [0.3, 0.4) is 0 Å². The normalized spacial score (nSPS) is 48.0. The second kappa shape index (κ2) is 2.47. The lowest BCUT2D eigenvalue weighted by Gasteiger charge is -2.19. The van der Waals surface area contributed by atoms with Crippen LogP contribution in [-0.4, -0.2) is 46.3 Å². The number of hydrogen-bond acceptors (Lipinski definition) is 4. The van der Waals surface area contributed by atoms with E-state index in [2.05, 4.69) is 0 Å². The molecule has 0 aromatic heterocycles. The Morgan fingerprint density at radius 2 is 2.30 bits per heavy atom. The van der Waals surface area contributed by atoms with Crippen LogP contribution in [0.25, 0.3) is 0 Å². The molecule has 0 radical (unpaired) electrons. The van der Waals surface area contributed by atoms with Gasteiger partial charge < -0.3 is 20.1 Å². The zero-order valence-corrected chi connectivity index (χ0v) is 5.82. The van der Waals surface area contributed by atoms with Gasteiger partial charge in [-0.3, -0.25) is 0 Å². The van der Waals surface area contributed by atoms with Gasteiger partial charge in [0.1, 0.15) is 17.8 Å². The molecule has 1 aliphatic rings. The van der Waals surface area contributed by atoms with E-state index in [0.29, 0.717) is 0 Å². The molecule has 3 unspecified atom stereocenters. The van der Waals surface area contributed by atoms with Crippen LogP contribution in [0.1, 0.15) is 6.92 Å². The maximum Gasteiger partial charge on any atom is 0.114 e. The molecule has 0 aromatic carbocycles. The van der Waals surface area contributed by atoms with Crippen molar-refractivity contribution in [1.29, 1.82) is 0 Å². The third-order valence-electron chi connectivity index (χ3n) is 1.76. The minimum atomic E-state index is -1.20. The average molecular weight is 148 g/mol. The molecule has 1 heterocycles. The topological polar surface area (TPSA) is 69.9 Å². The molecular formula is C6H12O4. The molecule has 4 nitrogen and oxygen atoms in total. The standard InChI is InChI=1S/C6H12O4/c1-6(9)3-10-4(2-7)5(6)8/h4-5,7-9H,2-3H2,1H3. The lowest BCUT2D eigenvalue weighted by Crippen LogP contribution is -2.41. The lowest BCUT2D eigenvalue weighted by molar-refractivity contribution is -0.0434. The molecule has 1 aliphatic heterocycles. The Labute approximate surface area is 59.1 Å². The van der Waals surface area contributed by atoms with Crippen LogP contribution >= 0.6 is 0 Å². The first-order valence-corrected chi connectivity index (χ1v) is 3.21. The zero-order valence-electron chi connectivity index (χ0n) is 5.82. The molecule has 0 amide bonds. The average Bonchev–Trinajstić information content (AvgIpc) is 2.10. The van der Waals surface area contributed by atoms with Crippen LogP contribution in [0, 0.1) is 0 Å². The van der Waals surface area contributed by atoms with Gasteiger partial charge in [0.05, 0.1) is 13.2 Å². The van der Waals surface area contributed by atoms with E-state index in [9.17, 15) is 10.2 Å². The summed E-state index contributed by atoms with van der Waals surface area (Å²) in [5.74, 6) is 0. The van der Waals surface area contributed by atoms with E-state index in [0.717, 1.165) is 0 Å². The summed E-state index contributed by atoms with van der Waals surface area (Å²) in [4.78, 5) is 0. The quantitative estimate of drug-likeness (QED) is 0.423. The maximum absolute atomic E-state index is 9.28.